The molecule has 1 aliphatic rings. The molecule has 5 nitrogen and oxygen atoms in total. The third-order valence-electron chi connectivity index (χ3n) is 6.53. The van der Waals surface area contributed by atoms with Crippen molar-refractivity contribution in [1.82, 2.24) is 9.66 Å². The number of aromatic nitrogens is 2. The largest absolute Gasteiger partial charge is 0.487 e. The number of benzene rings is 3. The molecule has 0 radical (unpaired) electrons. The highest BCUT2D eigenvalue weighted by atomic mass is 127. The molecular weight excluding hydrogens is 904 g/mol. The highest BCUT2D eigenvalue weighted by Crippen LogP contribution is 2.33. The minimum Gasteiger partial charge on any atom is -0.487 e. The normalized spacial score (nSPS) is 14.4. The van der Waals surface area contributed by atoms with E-state index in [9.17, 15) is 4.79 Å². The van der Waals surface area contributed by atoms with Gasteiger partial charge < -0.3 is 4.74 Å². The zero-order valence-electron chi connectivity index (χ0n) is 20.1. The van der Waals surface area contributed by atoms with E-state index in [1.165, 1.54) is 11.1 Å². The molecule has 196 valence electrons. The van der Waals surface area contributed by atoms with E-state index in [0.29, 0.717) is 17.5 Å². The molecule has 1 heterocycles. The average Bonchev–Trinajstić information content (AvgIpc) is 2.89. The summed E-state index contributed by atoms with van der Waals surface area (Å²) in [5.74, 6) is 1.82. The average molecular weight is 926 g/mol. The van der Waals surface area contributed by atoms with Crippen molar-refractivity contribution in [2.24, 2.45) is 5.10 Å². The molecule has 0 amide bonds. The first-order valence-corrected chi connectivity index (χ1v) is 16.7. The number of rotatable bonds is 6. The Morgan fingerprint density at radius 1 is 0.974 bits per heavy atom. The van der Waals surface area contributed by atoms with Crippen LogP contribution in [0.25, 0.3) is 10.9 Å². The lowest BCUT2D eigenvalue weighted by molar-refractivity contribution is 0.301. The molecule has 0 aliphatic heterocycles. The summed E-state index contributed by atoms with van der Waals surface area (Å²) in [5.41, 5.74) is 2.54. The lowest BCUT2D eigenvalue weighted by Crippen LogP contribution is -2.25. The number of fused-ring (bicyclic) bond motifs is 1. The number of hydrogen-bond acceptors (Lipinski definition) is 4. The Bertz CT molecular complexity index is 1580. The molecule has 10 heteroatoms. The zero-order valence-corrected chi connectivity index (χ0v) is 29.1. The van der Waals surface area contributed by atoms with E-state index in [1.54, 1.807) is 6.21 Å². The van der Waals surface area contributed by atoms with E-state index >= 15 is 0 Å². The SMILES string of the molecule is O=c1c2cc(Br)ccc2nc(C2CCCCC2)n1N=Cc1cc(I)c(OCc2ccc(Br)cc2Br)c(I)c1. The van der Waals surface area contributed by atoms with Crippen molar-refractivity contribution in [2.45, 2.75) is 44.6 Å². The van der Waals surface area contributed by atoms with E-state index in [1.807, 2.05) is 48.5 Å². The maximum atomic E-state index is 13.6. The summed E-state index contributed by atoms with van der Waals surface area (Å²) in [4.78, 5) is 18.5. The van der Waals surface area contributed by atoms with Gasteiger partial charge in [0.05, 0.1) is 24.3 Å². The van der Waals surface area contributed by atoms with Crippen LogP contribution in [-0.4, -0.2) is 15.9 Å². The summed E-state index contributed by atoms with van der Waals surface area (Å²) in [7, 11) is 0. The molecule has 38 heavy (non-hydrogen) atoms. The lowest BCUT2D eigenvalue weighted by Gasteiger charge is -2.22. The van der Waals surface area contributed by atoms with Crippen molar-refractivity contribution in [1.29, 1.82) is 0 Å². The maximum Gasteiger partial charge on any atom is 0.282 e. The van der Waals surface area contributed by atoms with Crippen molar-refractivity contribution in [2.75, 3.05) is 0 Å². The summed E-state index contributed by atoms with van der Waals surface area (Å²) in [6.07, 6.45) is 7.34. The quantitative estimate of drug-likeness (QED) is 0.143. The summed E-state index contributed by atoms with van der Waals surface area (Å²) in [5, 5.41) is 5.26. The molecule has 4 aromatic rings. The van der Waals surface area contributed by atoms with E-state index in [2.05, 4.69) is 93.0 Å². The predicted molar refractivity (Wildman–Crippen MR) is 181 cm³/mol. The first-order valence-electron chi connectivity index (χ1n) is 12.1. The molecule has 0 N–H and O–H groups in total. The fraction of sp³-hybridized carbons (Fsp3) is 0.250. The smallest absolute Gasteiger partial charge is 0.282 e. The number of hydrogen-bond donors (Lipinski definition) is 0. The van der Waals surface area contributed by atoms with Crippen LogP contribution in [0.1, 0.15) is 55.0 Å². The molecule has 0 bridgehead atoms. The maximum absolute atomic E-state index is 13.6. The fourth-order valence-corrected chi connectivity index (χ4v) is 8.26. The van der Waals surface area contributed by atoms with Crippen LogP contribution < -0.4 is 10.3 Å². The molecule has 1 fully saturated rings. The van der Waals surface area contributed by atoms with Gasteiger partial charge in [-0.15, -0.1) is 0 Å². The fourth-order valence-electron chi connectivity index (χ4n) is 4.61. The predicted octanol–water partition coefficient (Wildman–Crippen LogP) is 9.40. The van der Waals surface area contributed by atoms with Gasteiger partial charge in [-0.3, -0.25) is 4.79 Å². The summed E-state index contributed by atoms with van der Waals surface area (Å²) < 4.78 is 12.5. The second-order valence-electron chi connectivity index (χ2n) is 9.17. The van der Waals surface area contributed by atoms with Gasteiger partial charge in [0.2, 0.25) is 0 Å². The van der Waals surface area contributed by atoms with Crippen molar-refractivity contribution in [3.05, 3.63) is 96.4 Å². The lowest BCUT2D eigenvalue weighted by atomic mass is 9.88. The monoisotopic (exact) mass is 923 g/mol. The van der Waals surface area contributed by atoms with Crippen LogP contribution in [0.2, 0.25) is 0 Å². The van der Waals surface area contributed by atoms with Crippen LogP contribution in [0.3, 0.4) is 0 Å². The van der Waals surface area contributed by atoms with Gasteiger partial charge in [-0.2, -0.15) is 9.78 Å². The summed E-state index contributed by atoms with van der Waals surface area (Å²) in [6, 6.07) is 15.7. The van der Waals surface area contributed by atoms with Crippen LogP contribution in [0.5, 0.6) is 5.75 Å². The molecule has 1 saturated carbocycles. The van der Waals surface area contributed by atoms with Crippen molar-refractivity contribution >= 4 is 110 Å². The summed E-state index contributed by atoms with van der Waals surface area (Å²) >= 11 is 15.2. The van der Waals surface area contributed by atoms with E-state index in [0.717, 1.165) is 68.9 Å². The molecule has 1 aliphatic carbocycles. The molecule has 1 aromatic heterocycles. The van der Waals surface area contributed by atoms with Crippen LogP contribution in [0, 0.1) is 7.14 Å². The second kappa shape index (κ2) is 12.8. The van der Waals surface area contributed by atoms with Gasteiger partial charge in [0, 0.05) is 24.9 Å². The Hall–Kier alpha value is -0.830. The molecule has 3 aromatic carbocycles. The van der Waals surface area contributed by atoms with E-state index in [-0.39, 0.29) is 11.5 Å². The Morgan fingerprint density at radius 3 is 2.37 bits per heavy atom. The third kappa shape index (κ3) is 6.55. The first kappa shape index (κ1) is 28.7. The first-order chi connectivity index (χ1) is 18.3. The Labute approximate surface area is 273 Å². The molecule has 5 rings (SSSR count). The highest BCUT2D eigenvalue weighted by Gasteiger charge is 2.22. The number of ether oxygens (including phenoxy) is 1. The molecule has 0 spiro atoms. The standard InChI is InChI=1S/C28H22Br3I2N3O2/c29-19-8-9-25-21(12-19)28(37)36(27(35-25)17-4-2-1-3-5-17)34-14-16-10-23(32)26(24(33)11-16)38-15-18-6-7-20(30)13-22(18)31/h6-14,17H,1-5,15H2. The van der Waals surface area contributed by atoms with Crippen LogP contribution in [0.15, 0.2) is 71.8 Å². The van der Waals surface area contributed by atoms with Crippen LogP contribution in [-0.2, 0) is 6.61 Å². The molecule has 0 unspecified atom stereocenters. The molecular formula is C28H22Br3I2N3O2. The van der Waals surface area contributed by atoms with Crippen molar-refractivity contribution in [3.63, 3.8) is 0 Å². The number of halogens is 5. The van der Waals surface area contributed by atoms with Gasteiger partial charge in [0.15, 0.2) is 0 Å². The number of nitrogens with zero attached hydrogens (tertiary/aromatic N) is 3. The van der Waals surface area contributed by atoms with Gasteiger partial charge in [-0.1, -0.05) is 73.1 Å². The van der Waals surface area contributed by atoms with Crippen LogP contribution in [0.4, 0.5) is 0 Å². The Morgan fingerprint density at radius 2 is 1.66 bits per heavy atom. The second-order valence-corrected chi connectivity index (χ2v) is 14.2. The van der Waals surface area contributed by atoms with Gasteiger partial charge in [0.25, 0.3) is 5.56 Å². The van der Waals surface area contributed by atoms with Gasteiger partial charge in [0.1, 0.15) is 18.2 Å². The van der Waals surface area contributed by atoms with Crippen molar-refractivity contribution < 1.29 is 4.74 Å². The minimum absolute atomic E-state index is 0.141. The van der Waals surface area contributed by atoms with E-state index < -0.39 is 0 Å². The molecule has 0 saturated heterocycles. The third-order valence-corrected chi connectivity index (χ3v) is 9.86. The highest BCUT2D eigenvalue weighted by molar-refractivity contribution is 14.1. The summed E-state index contributed by atoms with van der Waals surface area (Å²) in [6.45, 7) is 0.450. The molecule has 0 atom stereocenters. The van der Waals surface area contributed by atoms with Gasteiger partial charge in [-0.05, 0) is 106 Å². The van der Waals surface area contributed by atoms with E-state index in [4.69, 9.17) is 14.8 Å². The van der Waals surface area contributed by atoms with Crippen LogP contribution >= 0.6 is 93.0 Å². The topological polar surface area (TPSA) is 56.5 Å². The van der Waals surface area contributed by atoms with Gasteiger partial charge in [-0.25, -0.2) is 4.98 Å². The van der Waals surface area contributed by atoms with Gasteiger partial charge >= 0.3 is 0 Å². The van der Waals surface area contributed by atoms with Crippen molar-refractivity contribution in [3.8, 4) is 5.75 Å². The Balaban J connectivity index is 1.47. The zero-order chi connectivity index (χ0) is 26.8. The Kier molecular flexibility index (Phi) is 9.65. The minimum atomic E-state index is -0.141.